The molecule has 0 bridgehead atoms. The highest BCUT2D eigenvalue weighted by Gasteiger charge is 2.12. The number of hydrogen-bond acceptors (Lipinski definition) is 4. The van der Waals surface area contributed by atoms with E-state index in [0.29, 0.717) is 17.1 Å². The molecule has 1 aliphatic heterocycles. The van der Waals surface area contributed by atoms with Gasteiger partial charge in [0.2, 0.25) is 0 Å². The first-order valence-electron chi connectivity index (χ1n) is 8.02. The number of nitrogens with zero attached hydrogens (tertiary/aromatic N) is 2. The summed E-state index contributed by atoms with van der Waals surface area (Å²) in [7, 11) is 0. The van der Waals surface area contributed by atoms with Crippen LogP contribution in [0.25, 0.3) is 11.1 Å². The van der Waals surface area contributed by atoms with E-state index in [2.05, 4.69) is 15.2 Å². The van der Waals surface area contributed by atoms with E-state index in [1.165, 1.54) is 0 Å². The van der Waals surface area contributed by atoms with Gasteiger partial charge in [-0.2, -0.15) is 0 Å². The lowest BCUT2D eigenvalue weighted by atomic mass is 10.1. The van der Waals surface area contributed by atoms with Gasteiger partial charge in [0.15, 0.2) is 0 Å². The first-order valence-corrected chi connectivity index (χ1v) is 8.40. The number of rotatable bonds is 5. The van der Waals surface area contributed by atoms with Crippen molar-refractivity contribution in [2.75, 3.05) is 39.4 Å². The highest BCUT2D eigenvalue weighted by Crippen LogP contribution is 2.27. The third kappa shape index (κ3) is 4.32. The van der Waals surface area contributed by atoms with E-state index >= 15 is 0 Å². The summed E-state index contributed by atoms with van der Waals surface area (Å²) in [6, 6.07) is 9.35. The normalized spacial score (nSPS) is 15.2. The van der Waals surface area contributed by atoms with E-state index in [0.717, 1.165) is 44.0 Å². The molecule has 2 aromatic rings. The van der Waals surface area contributed by atoms with Gasteiger partial charge in [-0.05, 0) is 12.1 Å². The zero-order valence-corrected chi connectivity index (χ0v) is 14.1. The Balaban J connectivity index is 1.61. The summed E-state index contributed by atoms with van der Waals surface area (Å²) in [5.41, 5.74) is 2.24. The van der Waals surface area contributed by atoms with Gasteiger partial charge in [-0.15, -0.1) is 0 Å². The van der Waals surface area contributed by atoms with Crippen LogP contribution in [0.1, 0.15) is 10.4 Å². The quantitative estimate of drug-likeness (QED) is 0.904. The van der Waals surface area contributed by atoms with E-state index in [1.54, 1.807) is 12.4 Å². The van der Waals surface area contributed by atoms with Gasteiger partial charge < -0.3 is 10.1 Å². The summed E-state index contributed by atoms with van der Waals surface area (Å²) < 4.78 is 5.31. The molecule has 0 saturated carbocycles. The van der Waals surface area contributed by atoms with Crippen molar-refractivity contribution in [2.24, 2.45) is 0 Å². The number of ether oxygens (including phenoxy) is 1. The summed E-state index contributed by atoms with van der Waals surface area (Å²) >= 11 is 6.22. The number of carbonyl (C=O) groups is 1. The van der Waals surface area contributed by atoms with Crippen LogP contribution in [-0.2, 0) is 4.74 Å². The fourth-order valence-corrected chi connectivity index (χ4v) is 2.91. The zero-order valence-electron chi connectivity index (χ0n) is 13.4. The van der Waals surface area contributed by atoms with Gasteiger partial charge in [-0.1, -0.05) is 29.8 Å². The molecule has 5 nitrogen and oxygen atoms in total. The van der Waals surface area contributed by atoms with Gasteiger partial charge in [0.25, 0.3) is 5.91 Å². The number of halogens is 1. The number of nitrogens with one attached hydrogen (secondary N) is 1. The SMILES string of the molecule is O=C(NCCN1CCOCC1)c1cncc(-c2ccccc2Cl)c1. The minimum absolute atomic E-state index is 0.121. The van der Waals surface area contributed by atoms with Crippen LogP contribution >= 0.6 is 11.6 Å². The Morgan fingerprint density at radius 2 is 2.04 bits per heavy atom. The van der Waals surface area contributed by atoms with Crippen molar-refractivity contribution in [3.8, 4) is 11.1 Å². The minimum Gasteiger partial charge on any atom is -0.379 e. The molecule has 1 N–H and O–H groups in total. The lowest BCUT2D eigenvalue weighted by molar-refractivity contribution is 0.0383. The third-order valence-electron chi connectivity index (χ3n) is 4.00. The number of pyridine rings is 1. The standard InChI is InChI=1S/C18H20ClN3O2/c19-17-4-2-1-3-16(17)14-11-15(13-20-12-14)18(23)21-5-6-22-7-9-24-10-8-22/h1-4,11-13H,5-10H2,(H,21,23). The van der Waals surface area contributed by atoms with Crippen molar-refractivity contribution in [1.29, 1.82) is 0 Å². The Labute approximate surface area is 146 Å². The molecule has 0 radical (unpaired) electrons. The maximum Gasteiger partial charge on any atom is 0.252 e. The zero-order chi connectivity index (χ0) is 16.8. The van der Waals surface area contributed by atoms with E-state index in [9.17, 15) is 4.79 Å². The van der Waals surface area contributed by atoms with Crippen LogP contribution in [0.5, 0.6) is 0 Å². The van der Waals surface area contributed by atoms with Crippen molar-refractivity contribution in [1.82, 2.24) is 15.2 Å². The third-order valence-corrected chi connectivity index (χ3v) is 4.33. The molecule has 24 heavy (non-hydrogen) atoms. The molecule has 0 aliphatic carbocycles. The Hall–Kier alpha value is -1.95. The van der Waals surface area contributed by atoms with Crippen LogP contribution in [0, 0.1) is 0 Å². The molecule has 6 heteroatoms. The van der Waals surface area contributed by atoms with Crippen LogP contribution in [0.4, 0.5) is 0 Å². The molecule has 1 aromatic carbocycles. The molecule has 1 amide bonds. The van der Waals surface area contributed by atoms with Crippen LogP contribution < -0.4 is 5.32 Å². The van der Waals surface area contributed by atoms with E-state index < -0.39 is 0 Å². The fourth-order valence-electron chi connectivity index (χ4n) is 2.66. The van der Waals surface area contributed by atoms with E-state index in [4.69, 9.17) is 16.3 Å². The topological polar surface area (TPSA) is 54.5 Å². The molecule has 0 atom stereocenters. The maximum atomic E-state index is 12.3. The molecule has 0 unspecified atom stereocenters. The predicted octanol–water partition coefficient (Wildman–Crippen LogP) is 2.46. The van der Waals surface area contributed by atoms with Crippen LogP contribution in [0.2, 0.25) is 5.02 Å². The lowest BCUT2D eigenvalue weighted by Crippen LogP contribution is -2.41. The first-order chi connectivity index (χ1) is 11.7. The second kappa shape index (κ2) is 8.24. The summed E-state index contributed by atoms with van der Waals surface area (Å²) in [6.07, 6.45) is 3.29. The Kier molecular flexibility index (Phi) is 5.80. The van der Waals surface area contributed by atoms with Crippen molar-refractivity contribution in [2.45, 2.75) is 0 Å². The molecule has 126 valence electrons. The summed E-state index contributed by atoms with van der Waals surface area (Å²) in [5.74, 6) is -0.121. The van der Waals surface area contributed by atoms with E-state index in [1.807, 2.05) is 30.3 Å². The molecule has 1 saturated heterocycles. The molecule has 2 heterocycles. The van der Waals surface area contributed by atoms with Gasteiger partial charge in [0.05, 0.1) is 18.8 Å². The number of morpholine rings is 1. The van der Waals surface area contributed by atoms with Crippen molar-refractivity contribution in [3.05, 3.63) is 53.3 Å². The van der Waals surface area contributed by atoms with E-state index in [-0.39, 0.29) is 5.91 Å². The molecular weight excluding hydrogens is 326 g/mol. The molecule has 1 fully saturated rings. The summed E-state index contributed by atoms with van der Waals surface area (Å²) in [4.78, 5) is 18.8. The monoisotopic (exact) mass is 345 g/mol. The van der Waals surface area contributed by atoms with Gasteiger partial charge in [0, 0.05) is 54.7 Å². The van der Waals surface area contributed by atoms with Crippen molar-refractivity contribution in [3.63, 3.8) is 0 Å². The van der Waals surface area contributed by atoms with Gasteiger partial charge in [-0.25, -0.2) is 0 Å². The highest BCUT2D eigenvalue weighted by molar-refractivity contribution is 6.33. The van der Waals surface area contributed by atoms with Crippen LogP contribution in [0.15, 0.2) is 42.7 Å². The van der Waals surface area contributed by atoms with Crippen molar-refractivity contribution >= 4 is 17.5 Å². The van der Waals surface area contributed by atoms with Gasteiger partial charge in [0.1, 0.15) is 0 Å². The second-order valence-corrected chi connectivity index (χ2v) is 6.06. The number of benzene rings is 1. The molecular formula is C18H20ClN3O2. The van der Waals surface area contributed by atoms with Gasteiger partial charge >= 0.3 is 0 Å². The maximum absolute atomic E-state index is 12.3. The molecule has 0 spiro atoms. The first kappa shape index (κ1) is 16.9. The molecule has 1 aliphatic rings. The van der Waals surface area contributed by atoms with Gasteiger partial charge in [-0.3, -0.25) is 14.7 Å². The second-order valence-electron chi connectivity index (χ2n) is 5.65. The Morgan fingerprint density at radius 1 is 1.25 bits per heavy atom. The fraction of sp³-hybridized carbons (Fsp3) is 0.333. The smallest absolute Gasteiger partial charge is 0.252 e. The summed E-state index contributed by atoms with van der Waals surface area (Å²) in [6.45, 7) is 4.79. The molecule has 3 rings (SSSR count). The Bertz CT molecular complexity index is 702. The number of hydrogen-bond donors (Lipinski definition) is 1. The summed E-state index contributed by atoms with van der Waals surface area (Å²) in [5, 5.41) is 3.59. The van der Waals surface area contributed by atoms with Crippen LogP contribution in [-0.4, -0.2) is 55.2 Å². The largest absolute Gasteiger partial charge is 0.379 e. The highest BCUT2D eigenvalue weighted by atomic mass is 35.5. The average molecular weight is 346 g/mol. The minimum atomic E-state index is -0.121. The number of carbonyl (C=O) groups excluding carboxylic acids is 1. The van der Waals surface area contributed by atoms with Crippen LogP contribution in [0.3, 0.4) is 0 Å². The van der Waals surface area contributed by atoms with Crippen molar-refractivity contribution < 1.29 is 9.53 Å². The number of aromatic nitrogens is 1. The number of amides is 1. The average Bonchev–Trinajstić information content (AvgIpc) is 2.63. The Morgan fingerprint density at radius 3 is 2.83 bits per heavy atom. The molecule has 1 aromatic heterocycles. The predicted molar refractivity (Wildman–Crippen MR) is 94.3 cm³/mol. The lowest BCUT2D eigenvalue weighted by Gasteiger charge is -2.26.